The number of pyridine rings is 1. The highest BCUT2D eigenvalue weighted by Gasteiger charge is 2.37. The van der Waals surface area contributed by atoms with E-state index in [-0.39, 0.29) is 12.4 Å². The Morgan fingerprint density at radius 3 is 2.83 bits per heavy atom. The zero-order valence-corrected chi connectivity index (χ0v) is 12.5. The molecule has 0 saturated heterocycles. The van der Waals surface area contributed by atoms with Crippen LogP contribution in [-0.4, -0.2) is 21.2 Å². The van der Waals surface area contributed by atoms with Crippen LogP contribution in [0.25, 0.3) is 0 Å². The fourth-order valence-electron chi connectivity index (χ4n) is 2.43. The number of carbonyl (C=O) groups is 1. The van der Waals surface area contributed by atoms with Crippen molar-refractivity contribution in [2.45, 2.75) is 38.4 Å². The third kappa shape index (κ3) is 3.81. The van der Waals surface area contributed by atoms with Crippen molar-refractivity contribution in [3.63, 3.8) is 0 Å². The van der Waals surface area contributed by atoms with Crippen molar-refractivity contribution in [1.29, 1.82) is 0 Å². The van der Waals surface area contributed by atoms with Crippen LogP contribution in [0.15, 0.2) is 16.8 Å². The minimum absolute atomic E-state index is 0.312. The summed E-state index contributed by atoms with van der Waals surface area (Å²) in [5.74, 6) is -1.71. The Morgan fingerprint density at radius 1 is 1.29 bits per heavy atom. The first-order chi connectivity index (χ1) is 11.4. The normalized spacial score (nSPS) is 14.1. The van der Waals surface area contributed by atoms with Crippen LogP contribution in [0.5, 0.6) is 0 Å². The number of anilines is 1. The van der Waals surface area contributed by atoms with Crippen LogP contribution in [0.2, 0.25) is 0 Å². The number of halogens is 3. The van der Waals surface area contributed by atoms with Crippen molar-refractivity contribution in [2.24, 2.45) is 0 Å². The number of aryl methyl sites for hydroxylation is 2. The maximum Gasteiger partial charge on any atom is 0.455 e. The van der Waals surface area contributed by atoms with Gasteiger partial charge in [0.05, 0.1) is 18.4 Å². The van der Waals surface area contributed by atoms with Gasteiger partial charge in [0.25, 0.3) is 5.82 Å². The van der Waals surface area contributed by atoms with E-state index in [9.17, 15) is 18.0 Å². The molecule has 0 fully saturated rings. The molecule has 10 heteroatoms. The van der Waals surface area contributed by atoms with Crippen molar-refractivity contribution in [1.82, 2.24) is 20.4 Å². The van der Waals surface area contributed by atoms with Crippen molar-refractivity contribution in [2.75, 3.05) is 5.32 Å². The number of amides is 2. The van der Waals surface area contributed by atoms with E-state index < -0.39 is 18.0 Å². The van der Waals surface area contributed by atoms with Gasteiger partial charge in [0.15, 0.2) is 0 Å². The molecule has 1 aliphatic rings. The summed E-state index contributed by atoms with van der Waals surface area (Å²) in [6.07, 6.45) is 0.916. The molecule has 0 unspecified atom stereocenters. The molecule has 128 valence electrons. The minimum Gasteiger partial charge on any atom is -0.337 e. The van der Waals surface area contributed by atoms with Crippen LogP contribution in [-0.2, 0) is 25.6 Å². The van der Waals surface area contributed by atoms with Gasteiger partial charge in [-0.1, -0.05) is 5.16 Å². The molecule has 0 spiro atoms. The molecule has 0 bridgehead atoms. The predicted octanol–water partition coefficient (Wildman–Crippen LogP) is 2.68. The number of urea groups is 1. The highest BCUT2D eigenvalue weighted by Crippen LogP contribution is 2.26. The van der Waals surface area contributed by atoms with E-state index in [2.05, 4.69) is 30.3 Å². The standard InChI is InChI=1S/C14H14F3N5O2/c15-14(16,17)12-21-11(24-22-12)7-19-13(23)20-9-5-8-3-1-2-4-10(8)18-6-9/h5-6H,1-4,7H2,(H2,19,20,23). The Bertz CT molecular complexity index is 744. The quantitative estimate of drug-likeness (QED) is 0.895. The summed E-state index contributed by atoms with van der Waals surface area (Å²) in [6.45, 7) is -0.312. The van der Waals surface area contributed by atoms with E-state index in [0.29, 0.717) is 5.69 Å². The monoisotopic (exact) mass is 341 g/mol. The van der Waals surface area contributed by atoms with Crippen molar-refractivity contribution >= 4 is 11.7 Å². The number of carbonyl (C=O) groups excluding carboxylic acids is 1. The summed E-state index contributed by atoms with van der Waals surface area (Å²) < 4.78 is 41.4. The lowest BCUT2D eigenvalue weighted by Gasteiger charge is -2.15. The number of aromatic nitrogens is 3. The van der Waals surface area contributed by atoms with Gasteiger partial charge in [0, 0.05) is 5.69 Å². The highest BCUT2D eigenvalue weighted by molar-refractivity contribution is 5.89. The second-order valence-corrected chi connectivity index (χ2v) is 5.35. The molecule has 1 aliphatic carbocycles. The second-order valence-electron chi connectivity index (χ2n) is 5.35. The lowest BCUT2D eigenvalue weighted by molar-refractivity contribution is -0.146. The zero-order valence-electron chi connectivity index (χ0n) is 12.5. The van der Waals surface area contributed by atoms with E-state index in [4.69, 9.17) is 0 Å². The second kappa shape index (κ2) is 6.46. The first-order valence-corrected chi connectivity index (χ1v) is 7.34. The maximum atomic E-state index is 12.3. The molecule has 2 N–H and O–H groups in total. The smallest absolute Gasteiger partial charge is 0.337 e. The SMILES string of the molecule is O=C(NCc1nc(C(F)(F)F)no1)Nc1cnc2c(c1)CCCC2. The van der Waals surface area contributed by atoms with Gasteiger partial charge in [-0.3, -0.25) is 4.98 Å². The Morgan fingerprint density at radius 2 is 2.08 bits per heavy atom. The van der Waals surface area contributed by atoms with Crippen LogP contribution in [0, 0.1) is 0 Å². The molecular formula is C14H14F3N5O2. The molecule has 0 aromatic carbocycles. The van der Waals surface area contributed by atoms with Gasteiger partial charge in [0.2, 0.25) is 5.89 Å². The lowest BCUT2D eigenvalue weighted by Crippen LogP contribution is -2.28. The van der Waals surface area contributed by atoms with E-state index in [1.807, 2.05) is 6.07 Å². The number of nitrogens with zero attached hydrogens (tertiary/aromatic N) is 3. The van der Waals surface area contributed by atoms with Gasteiger partial charge in [-0.25, -0.2) is 4.79 Å². The summed E-state index contributed by atoms with van der Waals surface area (Å²) in [5, 5.41) is 7.73. The van der Waals surface area contributed by atoms with Crippen LogP contribution in [0.4, 0.5) is 23.7 Å². The van der Waals surface area contributed by atoms with Crippen LogP contribution in [0.1, 0.15) is 35.8 Å². The largest absolute Gasteiger partial charge is 0.455 e. The third-order valence-electron chi connectivity index (χ3n) is 3.55. The van der Waals surface area contributed by atoms with Crippen LogP contribution in [0.3, 0.4) is 0 Å². The van der Waals surface area contributed by atoms with E-state index in [0.717, 1.165) is 36.9 Å². The van der Waals surface area contributed by atoms with Crippen molar-refractivity contribution < 1.29 is 22.5 Å². The summed E-state index contributed by atoms with van der Waals surface area (Å²) in [4.78, 5) is 19.3. The maximum absolute atomic E-state index is 12.3. The predicted molar refractivity (Wildman–Crippen MR) is 76.0 cm³/mol. The molecular weight excluding hydrogens is 327 g/mol. The van der Waals surface area contributed by atoms with Crippen molar-refractivity contribution in [3.05, 3.63) is 35.2 Å². The average Bonchev–Trinajstić information content (AvgIpc) is 3.02. The first kappa shape index (κ1) is 16.2. The number of hydrogen-bond donors (Lipinski definition) is 2. The van der Waals surface area contributed by atoms with Gasteiger partial charge in [0.1, 0.15) is 0 Å². The van der Waals surface area contributed by atoms with Crippen molar-refractivity contribution in [3.8, 4) is 0 Å². The molecule has 2 amide bonds. The van der Waals surface area contributed by atoms with E-state index in [1.165, 1.54) is 0 Å². The molecule has 0 atom stereocenters. The lowest BCUT2D eigenvalue weighted by atomic mass is 9.96. The van der Waals surface area contributed by atoms with Gasteiger partial charge in [-0.2, -0.15) is 18.2 Å². The number of hydrogen-bond acceptors (Lipinski definition) is 5. The molecule has 24 heavy (non-hydrogen) atoms. The molecule has 2 aromatic heterocycles. The molecule has 0 radical (unpaired) electrons. The molecule has 0 saturated carbocycles. The summed E-state index contributed by atoms with van der Waals surface area (Å²) in [7, 11) is 0. The van der Waals surface area contributed by atoms with Gasteiger partial charge >= 0.3 is 12.2 Å². The molecule has 3 rings (SSSR count). The zero-order chi connectivity index (χ0) is 17.2. The Hall–Kier alpha value is -2.65. The average molecular weight is 341 g/mol. The highest BCUT2D eigenvalue weighted by atomic mass is 19.4. The molecule has 2 aromatic rings. The molecule has 0 aliphatic heterocycles. The number of fused-ring (bicyclic) bond motifs is 1. The number of rotatable bonds is 3. The van der Waals surface area contributed by atoms with E-state index >= 15 is 0 Å². The minimum atomic E-state index is -4.68. The van der Waals surface area contributed by atoms with Gasteiger partial charge < -0.3 is 15.2 Å². The Balaban J connectivity index is 1.55. The summed E-state index contributed by atoms with van der Waals surface area (Å²) in [5.41, 5.74) is 2.66. The third-order valence-corrected chi connectivity index (χ3v) is 3.55. The summed E-state index contributed by atoms with van der Waals surface area (Å²) in [6, 6.07) is 1.26. The van der Waals surface area contributed by atoms with Crippen LogP contribution >= 0.6 is 0 Å². The van der Waals surface area contributed by atoms with Gasteiger partial charge in [-0.05, 0) is 37.3 Å². The van der Waals surface area contributed by atoms with Gasteiger partial charge in [-0.15, -0.1) is 0 Å². The number of alkyl halides is 3. The molecule has 7 nitrogen and oxygen atoms in total. The Labute approximate surface area is 134 Å². The fraction of sp³-hybridized carbons (Fsp3) is 0.429. The fourth-order valence-corrected chi connectivity index (χ4v) is 2.43. The summed E-state index contributed by atoms with van der Waals surface area (Å²) >= 11 is 0. The molecule has 2 heterocycles. The first-order valence-electron chi connectivity index (χ1n) is 7.34. The van der Waals surface area contributed by atoms with E-state index in [1.54, 1.807) is 6.20 Å². The van der Waals surface area contributed by atoms with Crippen LogP contribution < -0.4 is 10.6 Å². The topological polar surface area (TPSA) is 92.9 Å². The number of nitrogens with one attached hydrogen (secondary N) is 2. The Kier molecular flexibility index (Phi) is 4.36.